The second kappa shape index (κ2) is 8.60. The minimum Gasteiger partial charge on any atom is -0.454 e. The van der Waals surface area contributed by atoms with Crippen LogP contribution in [-0.2, 0) is 10.8 Å². The topological polar surface area (TPSA) is 38.3 Å². The van der Waals surface area contributed by atoms with Gasteiger partial charge in [0, 0.05) is 32.4 Å². The fourth-order valence-electron chi connectivity index (χ4n) is 9.16. The van der Waals surface area contributed by atoms with E-state index >= 15 is 0 Å². The Hall–Kier alpha value is -5.06. The molecule has 2 aliphatic rings. The summed E-state index contributed by atoms with van der Waals surface area (Å²) < 4.78 is 9.15. The number of hydrogen-bond donors (Lipinski definition) is 1. The molecular formula is C42H32BNO2. The predicted octanol–water partition coefficient (Wildman–Crippen LogP) is 9.26. The van der Waals surface area contributed by atoms with Crippen LogP contribution in [0.1, 0.15) is 49.9 Å². The zero-order valence-corrected chi connectivity index (χ0v) is 26.4. The van der Waals surface area contributed by atoms with Crippen LogP contribution in [0.25, 0.3) is 71.7 Å². The summed E-state index contributed by atoms with van der Waals surface area (Å²) in [4.78, 5) is 0. The Kier molecular flexibility index (Phi) is 4.90. The van der Waals surface area contributed by atoms with Gasteiger partial charge in [-0.25, -0.2) is 0 Å². The first kappa shape index (κ1) is 26.2. The third-order valence-electron chi connectivity index (χ3n) is 11.1. The van der Waals surface area contributed by atoms with Crippen molar-refractivity contribution in [3.8, 4) is 27.9 Å². The number of rotatable bonds is 2. The van der Waals surface area contributed by atoms with Gasteiger partial charge in [-0.3, -0.25) is 0 Å². The second-order valence-corrected chi connectivity index (χ2v) is 14.1. The lowest BCUT2D eigenvalue weighted by Gasteiger charge is -2.25. The van der Waals surface area contributed by atoms with Gasteiger partial charge in [0.05, 0.1) is 16.7 Å². The van der Waals surface area contributed by atoms with Crippen LogP contribution in [0.4, 0.5) is 0 Å². The molecule has 2 aromatic heterocycles. The molecule has 3 nitrogen and oxygen atoms in total. The van der Waals surface area contributed by atoms with Crippen molar-refractivity contribution in [1.29, 1.82) is 0 Å². The zero-order valence-electron chi connectivity index (χ0n) is 26.4. The molecule has 0 amide bonds. The summed E-state index contributed by atoms with van der Waals surface area (Å²) in [5.74, 6) is 0. The van der Waals surface area contributed by atoms with Gasteiger partial charge in [-0.1, -0.05) is 119 Å². The standard InChI is InChI=1S/C42H32BNO2/c1-41(2)29-15-7-5-11-23(29)25-19-21-32-35(37(25)41)36-33(22-20-26-24-12-6-8-16-30(24)42(3,4)38(26)36)44(32)34-18-10-14-28-27-13-9-17-31(43-45)39(27)46-40(28)34/h5-22,43,45H,1-4H3. The Balaban J connectivity index is 1.42. The van der Waals surface area contributed by atoms with E-state index < -0.39 is 0 Å². The molecule has 2 aliphatic carbocycles. The average molecular weight is 594 g/mol. The van der Waals surface area contributed by atoms with Crippen LogP contribution < -0.4 is 5.46 Å². The molecule has 0 atom stereocenters. The molecule has 46 heavy (non-hydrogen) atoms. The van der Waals surface area contributed by atoms with Gasteiger partial charge in [-0.2, -0.15) is 0 Å². The summed E-state index contributed by atoms with van der Waals surface area (Å²) in [5, 5.41) is 14.9. The summed E-state index contributed by atoms with van der Waals surface area (Å²) >= 11 is 0. The highest BCUT2D eigenvalue weighted by molar-refractivity contribution is 6.50. The first-order valence-corrected chi connectivity index (χ1v) is 16.2. The van der Waals surface area contributed by atoms with Gasteiger partial charge in [0.15, 0.2) is 5.58 Å². The minimum atomic E-state index is -0.176. The molecule has 0 saturated heterocycles. The summed E-state index contributed by atoms with van der Waals surface area (Å²) in [7, 11) is -0.0641. The lowest BCUT2D eigenvalue weighted by atomic mass is 9.77. The lowest BCUT2D eigenvalue weighted by Crippen LogP contribution is -2.17. The summed E-state index contributed by atoms with van der Waals surface area (Å²) in [6.07, 6.45) is 0. The first-order chi connectivity index (χ1) is 22.3. The van der Waals surface area contributed by atoms with Gasteiger partial charge in [-0.15, -0.1) is 0 Å². The van der Waals surface area contributed by atoms with Gasteiger partial charge < -0.3 is 14.0 Å². The van der Waals surface area contributed by atoms with Crippen LogP contribution in [0.15, 0.2) is 114 Å². The normalized spacial score (nSPS) is 15.4. The molecule has 0 spiro atoms. The van der Waals surface area contributed by atoms with Crippen LogP contribution in [-0.4, -0.2) is 17.1 Å². The number of benzene rings is 6. The van der Waals surface area contributed by atoms with E-state index in [1.54, 1.807) is 0 Å². The second-order valence-electron chi connectivity index (χ2n) is 14.1. The molecule has 0 saturated carbocycles. The maximum absolute atomic E-state index is 10.2. The lowest BCUT2D eigenvalue weighted by molar-refractivity contribution is 0.613. The number of para-hydroxylation sites is 2. The van der Waals surface area contributed by atoms with Crippen molar-refractivity contribution in [3.05, 3.63) is 131 Å². The Bertz CT molecular complexity index is 2510. The van der Waals surface area contributed by atoms with E-state index in [9.17, 15) is 5.02 Å². The zero-order chi connectivity index (χ0) is 31.1. The molecule has 1 N–H and O–H groups in total. The van der Waals surface area contributed by atoms with E-state index in [2.05, 4.69) is 129 Å². The highest BCUT2D eigenvalue weighted by atomic mass is 16.3. The number of furan rings is 1. The van der Waals surface area contributed by atoms with Crippen LogP contribution in [0.2, 0.25) is 0 Å². The van der Waals surface area contributed by atoms with E-state index in [0.29, 0.717) is 0 Å². The SMILES string of the molecule is CC1(C)c2ccccc2-c2ccc3c(c21)c1c2c(ccc1n3-c1cccc3c1oc1c(BO)cccc13)-c1ccccc1C2(C)C. The van der Waals surface area contributed by atoms with Crippen molar-refractivity contribution in [2.24, 2.45) is 0 Å². The molecule has 0 fully saturated rings. The predicted molar refractivity (Wildman–Crippen MR) is 192 cm³/mol. The van der Waals surface area contributed by atoms with Gasteiger partial charge in [-0.05, 0) is 68.2 Å². The quantitative estimate of drug-likeness (QED) is 0.203. The monoisotopic (exact) mass is 593 g/mol. The Morgan fingerprint density at radius 3 is 1.63 bits per heavy atom. The van der Waals surface area contributed by atoms with E-state index in [1.165, 1.54) is 66.3 Å². The van der Waals surface area contributed by atoms with Crippen molar-refractivity contribution in [2.75, 3.05) is 0 Å². The van der Waals surface area contributed by atoms with Crippen molar-refractivity contribution in [3.63, 3.8) is 0 Å². The molecule has 6 aromatic carbocycles. The smallest absolute Gasteiger partial charge is 0.308 e. The number of hydrogen-bond acceptors (Lipinski definition) is 2. The molecule has 2 heterocycles. The molecule has 4 heteroatoms. The third kappa shape index (κ3) is 2.99. The van der Waals surface area contributed by atoms with E-state index in [1.807, 2.05) is 12.1 Å². The van der Waals surface area contributed by atoms with Gasteiger partial charge in [0.2, 0.25) is 0 Å². The maximum atomic E-state index is 10.2. The number of aromatic nitrogens is 1. The Labute approximate surface area is 268 Å². The average Bonchev–Trinajstić information content (AvgIpc) is 3.75. The van der Waals surface area contributed by atoms with E-state index in [4.69, 9.17) is 4.42 Å². The molecule has 220 valence electrons. The van der Waals surface area contributed by atoms with Gasteiger partial charge in [0.25, 0.3) is 0 Å². The third-order valence-corrected chi connectivity index (χ3v) is 11.1. The molecule has 0 radical (unpaired) electrons. The largest absolute Gasteiger partial charge is 0.454 e. The Morgan fingerprint density at radius 1 is 0.543 bits per heavy atom. The maximum Gasteiger partial charge on any atom is 0.308 e. The molecule has 0 bridgehead atoms. The summed E-state index contributed by atoms with van der Waals surface area (Å²) in [6, 6.07) is 39.7. The molecular weight excluding hydrogens is 561 g/mol. The fourth-order valence-corrected chi connectivity index (χ4v) is 9.16. The van der Waals surface area contributed by atoms with Crippen LogP contribution in [0.5, 0.6) is 0 Å². The summed E-state index contributed by atoms with van der Waals surface area (Å²) in [5.41, 5.74) is 16.3. The fraction of sp³-hybridized carbons (Fsp3) is 0.143. The highest BCUT2D eigenvalue weighted by Gasteiger charge is 2.42. The van der Waals surface area contributed by atoms with Crippen LogP contribution in [0, 0.1) is 0 Å². The van der Waals surface area contributed by atoms with Crippen molar-refractivity contribution in [1.82, 2.24) is 4.57 Å². The van der Waals surface area contributed by atoms with Crippen LogP contribution >= 0.6 is 0 Å². The summed E-state index contributed by atoms with van der Waals surface area (Å²) in [6.45, 7) is 9.55. The number of fused-ring (bicyclic) bond motifs is 14. The van der Waals surface area contributed by atoms with Crippen LogP contribution in [0.3, 0.4) is 0 Å². The molecule has 0 unspecified atom stereocenters. The Morgan fingerprint density at radius 2 is 1.07 bits per heavy atom. The highest BCUT2D eigenvalue weighted by Crippen LogP contribution is 2.58. The molecule has 8 aromatic rings. The van der Waals surface area contributed by atoms with Crippen molar-refractivity contribution in [2.45, 2.75) is 38.5 Å². The first-order valence-electron chi connectivity index (χ1n) is 16.2. The van der Waals surface area contributed by atoms with Crippen molar-refractivity contribution < 1.29 is 9.44 Å². The van der Waals surface area contributed by atoms with Crippen molar-refractivity contribution >= 4 is 56.7 Å². The van der Waals surface area contributed by atoms with Gasteiger partial charge >= 0.3 is 7.48 Å². The van der Waals surface area contributed by atoms with E-state index in [-0.39, 0.29) is 18.3 Å². The molecule has 0 aliphatic heterocycles. The minimum absolute atomic E-state index is 0.0641. The molecule has 10 rings (SSSR count). The number of nitrogens with zero attached hydrogens (tertiary/aromatic N) is 1. The van der Waals surface area contributed by atoms with Gasteiger partial charge in [0.1, 0.15) is 5.58 Å². The van der Waals surface area contributed by atoms with E-state index in [0.717, 1.165) is 33.1 Å².